The second-order valence-electron chi connectivity index (χ2n) is 5.71. The first-order valence-corrected chi connectivity index (χ1v) is 10.1. The van der Waals surface area contributed by atoms with Crippen molar-refractivity contribution in [1.82, 2.24) is 4.90 Å². The topological polar surface area (TPSA) is 82.1 Å². The minimum atomic E-state index is -0.603. The zero-order valence-corrected chi connectivity index (χ0v) is 18.4. The molecule has 0 unspecified atom stereocenters. The smallest absolute Gasteiger partial charge is 0.326 e. The summed E-state index contributed by atoms with van der Waals surface area (Å²) in [6.45, 7) is 3.24. The zero-order chi connectivity index (χ0) is 20.1. The van der Waals surface area contributed by atoms with Crippen molar-refractivity contribution >= 4 is 57.5 Å². The van der Waals surface area contributed by atoms with Crippen molar-refractivity contribution in [3.8, 4) is 11.5 Å². The highest BCUT2D eigenvalue weighted by molar-refractivity contribution is 14.1. The van der Waals surface area contributed by atoms with E-state index in [1.165, 1.54) is 7.11 Å². The molecule has 0 N–H and O–H groups in total. The predicted octanol–water partition coefficient (Wildman–Crippen LogP) is 3.69. The van der Waals surface area contributed by atoms with Gasteiger partial charge in [-0.15, -0.1) is 0 Å². The molecule has 0 aliphatic carbocycles. The molecule has 146 valence electrons. The minimum absolute atomic E-state index is 0.236. The zero-order valence-electron chi connectivity index (χ0n) is 15.4. The number of ether oxygens (including phenoxy) is 3. The second-order valence-corrected chi connectivity index (χ2v) is 7.87. The number of methoxy groups -OCH3 is 2. The number of esters is 1. The molecule has 1 atom stereocenters. The molecule has 0 radical (unpaired) electrons. The summed E-state index contributed by atoms with van der Waals surface area (Å²) in [4.78, 5) is 37.7. The van der Waals surface area contributed by atoms with Gasteiger partial charge in [0.05, 0.1) is 28.8 Å². The van der Waals surface area contributed by atoms with Crippen molar-refractivity contribution in [2.24, 2.45) is 0 Å². The Bertz CT molecular complexity index is 794. The van der Waals surface area contributed by atoms with E-state index in [4.69, 9.17) is 14.2 Å². The number of carbonyl (C=O) groups excluding carboxylic acids is 3. The van der Waals surface area contributed by atoms with Gasteiger partial charge in [0.1, 0.15) is 6.54 Å². The van der Waals surface area contributed by atoms with Gasteiger partial charge in [-0.2, -0.15) is 0 Å². The largest absolute Gasteiger partial charge is 0.493 e. The van der Waals surface area contributed by atoms with Gasteiger partial charge < -0.3 is 14.2 Å². The molecule has 9 heteroatoms. The van der Waals surface area contributed by atoms with Crippen molar-refractivity contribution in [2.75, 3.05) is 20.8 Å². The predicted molar refractivity (Wildman–Crippen MR) is 111 cm³/mol. The molecule has 1 aliphatic rings. The molecule has 0 saturated carbocycles. The Labute approximate surface area is 175 Å². The molecule has 27 heavy (non-hydrogen) atoms. The summed E-state index contributed by atoms with van der Waals surface area (Å²) in [6, 6.07) is 3.53. The first-order valence-electron chi connectivity index (χ1n) is 8.17. The SMILES string of the molecule is CC[C@@H](C)OC(=O)CN1C(=O)S/C(=C/c2cc(I)c(OC)c(OC)c2)C1=O. The van der Waals surface area contributed by atoms with Crippen LogP contribution < -0.4 is 9.47 Å². The fourth-order valence-corrected chi connectivity index (χ4v) is 3.97. The molecular weight excluding hydrogens is 485 g/mol. The van der Waals surface area contributed by atoms with E-state index in [9.17, 15) is 14.4 Å². The first kappa shape index (κ1) is 21.5. The Hall–Kier alpha value is -1.75. The molecule has 1 aromatic carbocycles. The number of carbonyl (C=O) groups is 3. The van der Waals surface area contributed by atoms with Gasteiger partial charge in [0.2, 0.25) is 0 Å². The van der Waals surface area contributed by atoms with Gasteiger partial charge >= 0.3 is 5.97 Å². The molecule has 0 aromatic heterocycles. The lowest BCUT2D eigenvalue weighted by molar-refractivity contribution is -0.150. The molecule has 2 rings (SSSR count). The Kier molecular flexibility index (Phi) is 7.54. The van der Waals surface area contributed by atoms with E-state index in [1.54, 1.807) is 26.2 Å². The summed E-state index contributed by atoms with van der Waals surface area (Å²) in [5, 5.41) is -0.498. The van der Waals surface area contributed by atoms with Crippen LogP contribution in [0.4, 0.5) is 4.79 Å². The number of hydrogen-bond donors (Lipinski definition) is 0. The summed E-state index contributed by atoms with van der Waals surface area (Å²) in [5.74, 6) is -0.00684. The maximum atomic E-state index is 12.5. The number of hydrogen-bond acceptors (Lipinski definition) is 7. The molecule has 1 fully saturated rings. The molecule has 0 spiro atoms. The van der Waals surface area contributed by atoms with Crippen LogP contribution in [-0.2, 0) is 14.3 Å². The van der Waals surface area contributed by atoms with Gasteiger partial charge in [0.15, 0.2) is 11.5 Å². The van der Waals surface area contributed by atoms with Crippen LogP contribution in [0.15, 0.2) is 17.0 Å². The van der Waals surface area contributed by atoms with Gasteiger partial charge in [0, 0.05) is 0 Å². The van der Waals surface area contributed by atoms with Crippen molar-refractivity contribution in [3.05, 3.63) is 26.2 Å². The number of thioether (sulfide) groups is 1. The lowest BCUT2D eigenvalue weighted by atomic mass is 10.2. The molecule has 1 saturated heterocycles. The Morgan fingerprint density at radius 3 is 2.59 bits per heavy atom. The van der Waals surface area contributed by atoms with Gasteiger partial charge in [-0.1, -0.05) is 6.92 Å². The van der Waals surface area contributed by atoms with Gasteiger partial charge in [-0.05, 0) is 71.5 Å². The van der Waals surface area contributed by atoms with Gasteiger partial charge in [-0.25, -0.2) is 0 Å². The van der Waals surface area contributed by atoms with Crippen LogP contribution in [0.5, 0.6) is 11.5 Å². The number of nitrogens with zero attached hydrogens (tertiary/aromatic N) is 1. The molecule has 1 heterocycles. The van der Waals surface area contributed by atoms with E-state index in [0.29, 0.717) is 23.5 Å². The second kappa shape index (κ2) is 9.45. The quantitative estimate of drug-likeness (QED) is 0.318. The van der Waals surface area contributed by atoms with E-state index in [1.807, 2.05) is 13.0 Å². The number of halogens is 1. The van der Waals surface area contributed by atoms with E-state index < -0.39 is 23.7 Å². The van der Waals surface area contributed by atoms with E-state index in [0.717, 1.165) is 20.2 Å². The van der Waals surface area contributed by atoms with Crippen molar-refractivity contribution in [3.63, 3.8) is 0 Å². The lowest BCUT2D eigenvalue weighted by Gasteiger charge is -2.14. The van der Waals surface area contributed by atoms with E-state index in [-0.39, 0.29) is 11.0 Å². The highest BCUT2D eigenvalue weighted by Crippen LogP contribution is 2.37. The summed E-state index contributed by atoms with van der Waals surface area (Å²) >= 11 is 2.89. The number of amides is 2. The number of rotatable bonds is 7. The molecule has 1 aromatic rings. The van der Waals surface area contributed by atoms with E-state index >= 15 is 0 Å². The minimum Gasteiger partial charge on any atom is -0.493 e. The van der Waals surface area contributed by atoms with Crippen molar-refractivity contribution < 1.29 is 28.6 Å². The van der Waals surface area contributed by atoms with Gasteiger partial charge in [0.25, 0.3) is 11.1 Å². The molecular formula is C18H20INO6S. The molecule has 7 nitrogen and oxygen atoms in total. The molecule has 2 amide bonds. The normalized spacial score (nSPS) is 16.6. The van der Waals surface area contributed by atoms with Crippen LogP contribution in [-0.4, -0.2) is 48.9 Å². The summed E-state index contributed by atoms with van der Waals surface area (Å²) in [5.41, 5.74) is 0.685. The Balaban J connectivity index is 2.21. The Morgan fingerprint density at radius 2 is 2.00 bits per heavy atom. The number of imide groups is 1. The van der Waals surface area contributed by atoms with Crippen LogP contribution >= 0.6 is 34.4 Å². The first-order chi connectivity index (χ1) is 12.8. The maximum absolute atomic E-state index is 12.5. The monoisotopic (exact) mass is 505 g/mol. The highest BCUT2D eigenvalue weighted by Gasteiger charge is 2.37. The van der Waals surface area contributed by atoms with E-state index in [2.05, 4.69) is 22.6 Å². The Morgan fingerprint density at radius 1 is 1.30 bits per heavy atom. The standard InChI is InChI=1S/C18H20INO6S/c1-5-10(2)26-15(21)9-20-17(22)14(27-18(20)23)8-11-6-12(19)16(25-4)13(7-11)24-3/h6-8,10H,5,9H2,1-4H3/b14-8+/t10-/m1/s1. The lowest BCUT2D eigenvalue weighted by Crippen LogP contribution is -2.35. The average Bonchev–Trinajstić information content (AvgIpc) is 2.88. The number of benzene rings is 1. The molecule has 1 aliphatic heterocycles. The summed E-state index contributed by atoms with van der Waals surface area (Å²) < 4.78 is 16.5. The highest BCUT2D eigenvalue weighted by atomic mass is 127. The van der Waals surface area contributed by atoms with Crippen LogP contribution in [0.25, 0.3) is 6.08 Å². The van der Waals surface area contributed by atoms with Crippen molar-refractivity contribution in [2.45, 2.75) is 26.4 Å². The maximum Gasteiger partial charge on any atom is 0.326 e. The van der Waals surface area contributed by atoms with Crippen LogP contribution in [0, 0.1) is 3.57 Å². The van der Waals surface area contributed by atoms with Crippen LogP contribution in [0.3, 0.4) is 0 Å². The summed E-state index contributed by atoms with van der Waals surface area (Å²) in [6.07, 6.45) is 1.99. The van der Waals surface area contributed by atoms with Gasteiger partial charge in [-0.3, -0.25) is 19.3 Å². The third-order valence-electron chi connectivity index (χ3n) is 3.82. The van der Waals surface area contributed by atoms with Crippen LogP contribution in [0.1, 0.15) is 25.8 Å². The third-order valence-corrected chi connectivity index (χ3v) is 5.53. The average molecular weight is 505 g/mol. The van der Waals surface area contributed by atoms with Crippen molar-refractivity contribution in [1.29, 1.82) is 0 Å². The molecule has 0 bridgehead atoms. The third kappa shape index (κ3) is 5.16. The fourth-order valence-electron chi connectivity index (χ4n) is 2.28. The summed E-state index contributed by atoms with van der Waals surface area (Å²) in [7, 11) is 3.07. The van der Waals surface area contributed by atoms with Crippen LogP contribution in [0.2, 0.25) is 0 Å². The fraction of sp³-hybridized carbons (Fsp3) is 0.389.